The minimum absolute atomic E-state index is 0.0313. The molecule has 0 amide bonds. The van der Waals surface area contributed by atoms with Crippen LogP contribution in [0.25, 0.3) is 0 Å². The second-order valence-corrected chi connectivity index (χ2v) is 13.5. The van der Waals surface area contributed by atoms with Gasteiger partial charge in [0.2, 0.25) is 5.95 Å². The van der Waals surface area contributed by atoms with Gasteiger partial charge in [0, 0.05) is 19.3 Å². The lowest BCUT2D eigenvalue weighted by Crippen LogP contribution is -2.35. The van der Waals surface area contributed by atoms with Gasteiger partial charge < -0.3 is 26.0 Å². The van der Waals surface area contributed by atoms with E-state index in [0.717, 1.165) is 43.7 Å². The summed E-state index contributed by atoms with van der Waals surface area (Å²) in [4.78, 5) is 8.86. The highest BCUT2D eigenvalue weighted by Gasteiger charge is 2.28. The van der Waals surface area contributed by atoms with Crippen molar-refractivity contribution in [2.75, 3.05) is 30.0 Å². The lowest BCUT2D eigenvalue weighted by Gasteiger charge is -2.30. The Kier molecular flexibility index (Phi) is 9.58. The monoisotopic (exact) mass is 589 g/mol. The highest BCUT2D eigenvalue weighted by Crippen LogP contribution is 2.40. The van der Waals surface area contributed by atoms with Gasteiger partial charge >= 0.3 is 0 Å². The molecular weight excluding hydrogens is 550 g/mol. The van der Waals surface area contributed by atoms with E-state index in [-0.39, 0.29) is 40.3 Å². The number of anilines is 3. The van der Waals surface area contributed by atoms with Crippen LogP contribution in [0.4, 0.5) is 17.5 Å². The van der Waals surface area contributed by atoms with Crippen molar-refractivity contribution in [3.63, 3.8) is 0 Å². The molecular formula is C28H40ClN7O3S. The summed E-state index contributed by atoms with van der Waals surface area (Å²) in [5, 5.41) is 20.5. The van der Waals surface area contributed by atoms with Crippen LogP contribution < -0.4 is 26.0 Å². The Morgan fingerprint density at radius 2 is 2.05 bits per heavy atom. The first-order valence-corrected chi connectivity index (χ1v) is 15.8. The molecule has 2 fully saturated rings. The van der Waals surface area contributed by atoms with Crippen molar-refractivity contribution in [2.24, 2.45) is 5.92 Å². The highest BCUT2D eigenvalue weighted by atomic mass is 35.5. The third-order valence-corrected chi connectivity index (χ3v) is 9.11. The van der Waals surface area contributed by atoms with Gasteiger partial charge in [0.1, 0.15) is 10.8 Å². The summed E-state index contributed by atoms with van der Waals surface area (Å²) in [6, 6.07) is 4.70. The van der Waals surface area contributed by atoms with E-state index in [1.54, 1.807) is 20.9 Å². The number of halogens is 1. The number of rotatable bonds is 11. The summed E-state index contributed by atoms with van der Waals surface area (Å²) in [6.07, 6.45) is 7.27. The number of sulfone groups is 1. The molecule has 4 rings (SSSR count). The fourth-order valence-corrected chi connectivity index (χ4v) is 6.50. The smallest absolute Gasteiger partial charge is 0.229 e. The maximum atomic E-state index is 12.7. The van der Waals surface area contributed by atoms with Crippen LogP contribution in [0.5, 0.6) is 5.75 Å². The topological polar surface area (TPSA) is 141 Å². The first-order chi connectivity index (χ1) is 19.0. The van der Waals surface area contributed by atoms with Crippen LogP contribution in [0.15, 0.2) is 30.2 Å². The molecule has 0 spiro atoms. The Morgan fingerprint density at radius 1 is 1.30 bits per heavy atom. The van der Waals surface area contributed by atoms with Crippen molar-refractivity contribution in [2.45, 2.75) is 71.4 Å². The second-order valence-electron chi connectivity index (χ2n) is 11.1. The quantitative estimate of drug-likeness (QED) is 0.179. The maximum Gasteiger partial charge on any atom is 0.229 e. The van der Waals surface area contributed by atoms with Crippen molar-refractivity contribution in [3.8, 4) is 5.75 Å². The molecule has 2 atom stereocenters. The lowest BCUT2D eigenvalue weighted by atomic mass is 9.84. The Hall–Kier alpha value is -2.89. The third kappa shape index (κ3) is 7.64. The molecule has 1 saturated carbocycles. The zero-order chi connectivity index (χ0) is 29.0. The number of nitrogens with zero attached hydrogens (tertiary/aromatic N) is 2. The first kappa shape index (κ1) is 30.1. The van der Waals surface area contributed by atoms with Crippen molar-refractivity contribution in [1.29, 1.82) is 5.41 Å². The summed E-state index contributed by atoms with van der Waals surface area (Å²) < 4.78 is 31.8. The minimum atomic E-state index is -3.82. The predicted molar refractivity (Wildman–Crippen MR) is 162 cm³/mol. The molecule has 1 aliphatic heterocycles. The van der Waals surface area contributed by atoms with Crippen LogP contribution in [-0.4, -0.2) is 54.9 Å². The van der Waals surface area contributed by atoms with Crippen LogP contribution in [0.3, 0.4) is 0 Å². The Morgan fingerprint density at radius 3 is 2.70 bits per heavy atom. The molecule has 2 unspecified atom stereocenters. The van der Waals surface area contributed by atoms with Crippen molar-refractivity contribution >= 4 is 43.9 Å². The standard InChI is InChI=1S/C28H40ClN7O3S/c1-16(2)15-40(37,38)26(30)24(14-31-5)34-27-22(29)13-33-28(36-27)35-23-10-17(3)21(12-25(23)39-20-6-7-20)19-8-9-32-18(4)11-19/h10,12-14,16,18-20,30-32H,6-9,11,15H2,1-5H3,(H2,33,34,35,36)/b24-14+,30-26?. The van der Waals surface area contributed by atoms with Gasteiger partial charge in [0.05, 0.1) is 29.4 Å². The SMILES string of the molecule is CN/C=C(/Nc1nc(Nc2cc(C)c(C3CCNC(C)C3)cc2OC2CC2)ncc1Cl)C(=N)S(=O)(=O)CC(C)C. The molecule has 1 aromatic carbocycles. The molecule has 12 heteroatoms. The third-order valence-electron chi connectivity index (χ3n) is 6.89. The summed E-state index contributed by atoms with van der Waals surface area (Å²) in [7, 11) is -2.19. The molecule has 218 valence electrons. The van der Waals surface area contributed by atoms with Gasteiger partial charge in [0.15, 0.2) is 20.7 Å². The number of ether oxygens (including phenoxy) is 1. The number of hydrogen-bond donors (Lipinski definition) is 5. The number of aromatic nitrogens is 2. The molecule has 1 aromatic heterocycles. The van der Waals surface area contributed by atoms with E-state index in [1.165, 1.54) is 23.5 Å². The highest BCUT2D eigenvalue weighted by molar-refractivity contribution is 8.06. The maximum absolute atomic E-state index is 12.7. The lowest BCUT2D eigenvalue weighted by molar-refractivity contribution is 0.303. The normalized spacial score (nSPS) is 19.8. The summed E-state index contributed by atoms with van der Waals surface area (Å²) >= 11 is 6.39. The van der Waals surface area contributed by atoms with Crippen molar-refractivity contribution in [1.82, 2.24) is 20.6 Å². The van der Waals surface area contributed by atoms with Crippen molar-refractivity contribution in [3.05, 3.63) is 46.4 Å². The number of benzene rings is 1. The molecule has 0 bridgehead atoms. The molecule has 2 aromatic rings. The fourth-order valence-electron chi connectivity index (χ4n) is 4.87. The zero-order valence-corrected chi connectivity index (χ0v) is 25.3. The average molecular weight is 590 g/mol. The molecule has 10 nitrogen and oxygen atoms in total. The Bertz CT molecular complexity index is 1380. The average Bonchev–Trinajstić information content (AvgIpc) is 3.70. The number of nitrogens with one attached hydrogen (secondary N) is 5. The largest absolute Gasteiger partial charge is 0.488 e. The van der Waals surface area contributed by atoms with Gasteiger partial charge in [-0.05, 0) is 81.2 Å². The van der Waals surface area contributed by atoms with E-state index in [0.29, 0.717) is 12.0 Å². The van der Waals surface area contributed by atoms with Gasteiger partial charge in [-0.1, -0.05) is 25.4 Å². The second kappa shape index (κ2) is 12.7. The predicted octanol–water partition coefficient (Wildman–Crippen LogP) is 5.10. The van der Waals surface area contributed by atoms with Gasteiger partial charge in [-0.2, -0.15) is 4.98 Å². The van der Waals surface area contributed by atoms with E-state index >= 15 is 0 Å². The summed E-state index contributed by atoms with van der Waals surface area (Å²) in [5.74, 6) is 1.39. The molecule has 2 aliphatic rings. The number of piperidine rings is 1. The van der Waals surface area contributed by atoms with Gasteiger partial charge in [-0.15, -0.1) is 0 Å². The molecule has 40 heavy (non-hydrogen) atoms. The van der Waals surface area contributed by atoms with E-state index in [2.05, 4.69) is 57.2 Å². The van der Waals surface area contributed by atoms with Crippen LogP contribution in [-0.2, 0) is 9.84 Å². The van der Waals surface area contributed by atoms with Gasteiger partial charge in [-0.3, -0.25) is 5.41 Å². The van der Waals surface area contributed by atoms with Gasteiger partial charge in [-0.25, -0.2) is 13.4 Å². The van der Waals surface area contributed by atoms with Crippen LogP contribution >= 0.6 is 11.6 Å². The van der Waals surface area contributed by atoms with Gasteiger partial charge in [0.25, 0.3) is 0 Å². The van der Waals surface area contributed by atoms with Crippen LogP contribution in [0, 0.1) is 18.3 Å². The van der Waals surface area contributed by atoms with E-state index in [9.17, 15) is 8.42 Å². The van der Waals surface area contributed by atoms with E-state index in [4.69, 9.17) is 21.7 Å². The first-order valence-electron chi connectivity index (χ1n) is 13.8. The number of aryl methyl sites for hydroxylation is 1. The zero-order valence-electron chi connectivity index (χ0n) is 23.8. The Labute approximate surface area is 242 Å². The molecule has 1 aliphatic carbocycles. The molecule has 0 radical (unpaired) electrons. The molecule has 1 saturated heterocycles. The minimum Gasteiger partial charge on any atom is -0.488 e. The Balaban J connectivity index is 1.61. The fraction of sp³-hybridized carbons (Fsp3) is 0.536. The van der Waals surface area contributed by atoms with E-state index < -0.39 is 14.9 Å². The molecule has 2 heterocycles. The van der Waals surface area contributed by atoms with E-state index in [1.807, 2.05) is 0 Å². The number of hydrogen-bond acceptors (Lipinski definition) is 10. The van der Waals surface area contributed by atoms with Crippen LogP contribution in [0.2, 0.25) is 5.02 Å². The summed E-state index contributed by atoms with van der Waals surface area (Å²) in [5.41, 5.74) is 3.25. The summed E-state index contributed by atoms with van der Waals surface area (Å²) in [6.45, 7) is 8.92. The van der Waals surface area contributed by atoms with Crippen LogP contribution in [0.1, 0.15) is 63.5 Å². The molecule has 5 N–H and O–H groups in total. The van der Waals surface area contributed by atoms with Crippen molar-refractivity contribution < 1.29 is 13.2 Å².